The van der Waals surface area contributed by atoms with Crippen molar-refractivity contribution in [3.8, 4) is 5.75 Å². The van der Waals surface area contributed by atoms with Crippen molar-refractivity contribution in [1.29, 1.82) is 0 Å². The Hall–Kier alpha value is -1.09. The highest BCUT2D eigenvalue weighted by Gasteiger charge is 2.20. The van der Waals surface area contributed by atoms with Gasteiger partial charge in [-0.2, -0.15) is 0 Å². The lowest BCUT2D eigenvalue weighted by Gasteiger charge is -2.27. The number of ether oxygens (including phenoxy) is 1. The van der Waals surface area contributed by atoms with E-state index in [1.54, 1.807) is 0 Å². The molecular weight excluding hydrogens is 230 g/mol. The highest BCUT2D eigenvalue weighted by Crippen LogP contribution is 2.27. The summed E-state index contributed by atoms with van der Waals surface area (Å²) in [4.78, 5) is 0.424. The Morgan fingerprint density at radius 3 is 2.94 bits per heavy atom. The van der Waals surface area contributed by atoms with Gasteiger partial charge in [-0.3, -0.25) is 0 Å². The minimum atomic E-state index is 0.348. The Morgan fingerprint density at radius 1 is 1.41 bits per heavy atom. The van der Waals surface area contributed by atoms with Gasteiger partial charge in [0.05, 0.1) is 6.10 Å². The van der Waals surface area contributed by atoms with E-state index in [1.165, 1.54) is 12.8 Å². The van der Waals surface area contributed by atoms with E-state index < -0.39 is 0 Å². The topological polar surface area (TPSA) is 35.2 Å². The summed E-state index contributed by atoms with van der Waals surface area (Å²) in [6.07, 6.45) is 5.24. The van der Waals surface area contributed by atoms with Gasteiger partial charge < -0.3 is 10.5 Å². The zero-order valence-electron chi connectivity index (χ0n) is 10.2. The fourth-order valence-corrected chi connectivity index (χ4v) is 2.53. The molecule has 2 rings (SSSR count). The summed E-state index contributed by atoms with van der Waals surface area (Å²) in [5, 5.41) is 0. The van der Waals surface area contributed by atoms with Crippen LogP contribution in [0.5, 0.6) is 5.75 Å². The molecule has 2 unspecified atom stereocenters. The van der Waals surface area contributed by atoms with E-state index in [9.17, 15) is 0 Å². The van der Waals surface area contributed by atoms with Crippen LogP contribution in [-0.2, 0) is 0 Å². The van der Waals surface area contributed by atoms with E-state index in [2.05, 4.69) is 6.92 Å². The average Bonchev–Trinajstić information content (AvgIpc) is 2.29. The Morgan fingerprint density at radius 2 is 2.24 bits per heavy atom. The van der Waals surface area contributed by atoms with Crippen molar-refractivity contribution in [3.05, 3.63) is 29.8 Å². The normalized spacial score (nSPS) is 24.3. The fourth-order valence-electron chi connectivity index (χ4n) is 2.40. The molecule has 3 heteroatoms. The van der Waals surface area contributed by atoms with Gasteiger partial charge in [-0.15, -0.1) is 0 Å². The lowest BCUT2D eigenvalue weighted by Crippen LogP contribution is -2.24. The molecule has 1 aromatic rings. The van der Waals surface area contributed by atoms with Crippen LogP contribution in [0.3, 0.4) is 0 Å². The van der Waals surface area contributed by atoms with Crippen molar-refractivity contribution in [3.63, 3.8) is 0 Å². The molecule has 1 aromatic carbocycles. The Labute approximate surface area is 108 Å². The van der Waals surface area contributed by atoms with Gasteiger partial charge in [0.2, 0.25) is 0 Å². The standard InChI is InChI=1S/C14H19NOS/c1-10-4-2-6-12(8-10)16-13-7-3-5-11(9-13)14(15)17/h3,5,7,9-10,12H,2,4,6,8H2,1H3,(H2,15,17). The van der Waals surface area contributed by atoms with Crippen LogP contribution in [0.15, 0.2) is 24.3 Å². The largest absolute Gasteiger partial charge is 0.490 e. The molecular formula is C14H19NOS. The lowest BCUT2D eigenvalue weighted by molar-refractivity contribution is 0.129. The van der Waals surface area contributed by atoms with Gasteiger partial charge in [0.25, 0.3) is 0 Å². The van der Waals surface area contributed by atoms with Crippen molar-refractivity contribution < 1.29 is 4.74 Å². The van der Waals surface area contributed by atoms with E-state index >= 15 is 0 Å². The highest BCUT2D eigenvalue weighted by atomic mass is 32.1. The van der Waals surface area contributed by atoms with Gasteiger partial charge >= 0.3 is 0 Å². The zero-order valence-corrected chi connectivity index (χ0v) is 11.0. The number of hydrogen-bond acceptors (Lipinski definition) is 2. The van der Waals surface area contributed by atoms with E-state index in [0.717, 1.165) is 30.1 Å². The summed E-state index contributed by atoms with van der Waals surface area (Å²) in [6, 6.07) is 7.76. The SMILES string of the molecule is CC1CCCC(Oc2cccc(C(N)=S)c2)C1. The smallest absolute Gasteiger partial charge is 0.120 e. The summed E-state index contributed by atoms with van der Waals surface area (Å²) in [6.45, 7) is 2.29. The monoisotopic (exact) mass is 249 g/mol. The van der Waals surface area contributed by atoms with Crippen molar-refractivity contribution in [2.75, 3.05) is 0 Å². The van der Waals surface area contributed by atoms with Crippen LogP contribution < -0.4 is 10.5 Å². The van der Waals surface area contributed by atoms with E-state index in [4.69, 9.17) is 22.7 Å². The molecule has 0 bridgehead atoms. The number of benzene rings is 1. The lowest BCUT2D eigenvalue weighted by atomic mass is 9.89. The van der Waals surface area contributed by atoms with Crippen molar-refractivity contribution in [2.45, 2.75) is 38.7 Å². The molecule has 0 amide bonds. The highest BCUT2D eigenvalue weighted by molar-refractivity contribution is 7.80. The van der Waals surface area contributed by atoms with Crippen LogP contribution in [0.25, 0.3) is 0 Å². The average molecular weight is 249 g/mol. The van der Waals surface area contributed by atoms with Crippen LogP contribution >= 0.6 is 12.2 Å². The van der Waals surface area contributed by atoms with Crippen LogP contribution in [-0.4, -0.2) is 11.1 Å². The van der Waals surface area contributed by atoms with Crippen LogP contribution in [0.1, 0.15) is 38.2 Å². The van der Waals surface area contributed by atoms with Gasteiger partial charge in [0.1, 0.15) is 10.7 Å². The number of hydrogen-bond donors (Lipinski definition) is 1. The minimum absolute atomic E-state index is 0.348. The molecule has 1 aliphatic rings. The molecule has 0 aliphatic heterocycles. The molecule has 92 valence electrons. The first kappa shape index (κ1) is 12.4. The molecule has 0 saturated heterocycles. The molecule has 0 aromatic heterocycles. The molecule has 2 nitrogen and oxygen atoms in total. The first-order chi connectivity index (χ1) is 8.15. The molecule has 2 atom stereocenters. The summed E-state index contributed by atoms with van der Waals surface area (Å²) in [7, 11) is 0. The Bertz CT molecular complexity index is 405. The van der Waals surface area contributed by atoms with Crippen molar-refractivity contribution in [2.24, 2.45) is 11.7 Å². The molecule has 1 aliphatic carbocycles. The van der Waals surface area contributed by atoms with Crippen LogP contribution in [0.4, 0.5) is 0 Å². The predicted molar refractivity (Wildman–Crippen MR) is 74.4 cm³/mol. The third kappa shape index (κ3) is 3.43. The molecule has 0 spiro atoms. The maximum Gasteiger partial charge on any atom is 0.120 e. The Kier molecular flexibility index (Phi) is 4.00. The van der Waals surface area contributed by atoms with Gasteiger partial charge in [-0.05, 0) is 37.3 Å². The van der Waals surface area contributed by atoms with Gasteiger partial charge in [0.15, 0.2) is 0 Å². The van der Waals surface area contributed by atoms with Gasteiger partial charge in [0, 0.05) is 5.56 Å². The first-order valence-corrected chi connectivity index (χ1v) is 6.62. The van der Waals surface area contributed by atoms with E-state index in [0.29, 0.717) is 11.1 Å². The zero-order chi connectivity index (χ0) is 12.3. The maximum absolute atomic E-state index is 6.00. The molecule has 17 heavy (non-hydrogen) atoms. The summed E-state index contributed by atoms with van der Waals surface area (Å²) in [5.74, 6) is 1.65. The minimum Gasteiger partial charge on any atom is -0.490 e. The second-order valence-electron chi connectivity index (χ2n) is 4.90. The maximum atomic E-state index is 6.00. The first-order valence-electron chi connectivity index (χ1n) is 6.21. The van der Waals surface area contributed by atoms with E-state index in [-0.39, 0.29) is 0 Å². The summed E-state index contributed by atoms with van der Waals surface area (Å²) >= 11 is 4.97. The van der Waals surface area contributed by atoms with E-state index in [1.807, 2.05) is 24.3 Å². The molecule has 0 heterocycles. The quantitative estimate of drug-likeness (QED) is 0.835. The van der Waals surface area contributed by atoms with Crippen LogP contribution in [0.2, 0.25) is 0 Å². The second-order valence-corrected chi connectivity index (χ2v) is 5.34. The molecule has 1 fully saturated rings. The number of thiocarbonyl (C=S) groups is 1. The second kappa shape index (κ2) is 5.50. The van der Waals surface area contributed by atoms with Crippen molar-refractivity contribution >= 4 is 17.2 Å². The molecule has 1 saturated carbocycles. The summed E-state index contributed by atoms with van der Waals surface area (Å²) < 4.78 is 6.00. The van der Waals surface area contributed by atoms with Crippen LogP contribution in [0, 0.1) is 5.92 Å². The summed E-state index contributed by atoms with van der Waals surface area (Å²) in [5.41, 5.74) is 6.49. The third-order valence-corrected chi connectivity index (χ3v) is 3.55. The van der Waals surface area contributed by atoms with Gasteiger partial charge in [-0.1, -0.05) is 37.7 Å². The number of rotatable bonds is 3. The number of nitrogens with two attached hydrogens (primary N) is 1. The van der Waals surface area contributed by atoms with Crippen molar-refractivity contribution in [1.82, 2.24) is 0 Å². The molecule has 0 radical (unpaired) electrons. The Balaban J connectivity index is 2.02. The van der Waals surface area contributed by atoms with Gasteiger partial charge in [-0.25, -0.2) is 0 Å². The molecule has 2 N–H and O–H groups in total. The predicted octanol–water partition coefficient (Wildman–Crippen LogP) is 3.28. The fraction of sp³-hybridized carbons (Fsp3) is 0.500. The third-order valence-electron chi connectivity index (χ3n) is 3.31.